The minimum Gasteiger partial charge on any atom is -0.367 e. The number of rotatable bonds is 3. The summed E-state index contributed by atoms with van der Waals surface area (Å²) in [7, 11) is 0. The van der Waals surface area contributed by atoms with E-state index in [1.807, 2.05) is 30.0 Å². The molecule has 1 fully saturated rings. The molecule has 0 atom stereocenters. The number of nitrogens with zero attached hydrogens (tertiary/aromatic N) is 3. The fourth-order valence-electron chi connectivity index (χ4n) is 3.72. The predicted molar refractivity (Wildman–Crippen MR) is 94.5 cm³/mol. The minimum absolute atomic E-state index is 0.0417. The Kier molecular flexibility index (Phi) is 3.92. The summed E-state index contributed by atoms with van der Waals surface area (Å²) in [5, 5.41) is 3.46. The standard InChI is InChI=1S/C19H22N4O/c1-13-20-16(12-18(21-13)22-15-7-3-4-8-15)19(24)23-11-10-14-6-2-5-9-17(14)23/h2,5-6,9,12,15H,3-4,7-8,10-11H2,1H3,(H,20,21,22). The molecule has 2 aromatic rings. The van der Waals surface area contributed by atoms with E-state index in [2.05, 4.69) is 21.4 Å². The lowest BCUT2D eigenvalue weighted by Crippen LogP contribution is -2.30. The molecule has 2 heterocycles. The zero-order valence-corrected chi connectivity index (χ0v) is 14.0. The number of amides is 1. The monoisotopic (exact) mass is 322 g/mol. The van der Waals surface area contributed by atoms with Crippen LogP contribution in [0.3, 0.4) is 0 Å². The van der Waals surface area contributed by atoms with Gasteiger partial charge in [0.05, 0.1) is 0 Å². The van der Waals surface area contributed by atoms with Crippen molar-refractivity contribution in [1.29, 1.82) is 0 Å². The molecule has 2 aliphatic rings. The number of para-hydroxylation sites is 1. The molecule has 5 nitrogen and oxygen atoms in total. The van der Waals surface area contributed by atoms with Gasteiger partial charge in [-0.05, 0) is 37.8 Å². The second kappa shape index (κ2) is 6.23. The molecule has 1 saturated carbocycles. The van der Waals surface area contributed by atoms with E-state index in [0.29, 0.717) is 24.1 Å². The van der Waals surface area contributed by atoms with Gasteiger partial charge in [0.25, 0.3) is 5.91 Å². The first kappa shape index (κ1) is 15.1. The number of aromatic nitrogens is 2. The molecule has 1 N–H and O–H groups in total. The molecule has 24 heavy (non-hydrogen) atoms. The summed E-state index contributed by atoms with van der Waals surface area (Å²) in [5.41, 5.74) is 2.70. The van der Waals surface area contributed by atoms with Crippen LogP contribution in [0.1, 0.15) is 47.6 Å². The quantitative estimate of drug-likeness (QED) is 0.941. The number of hydrogen-bond acceptors (Lipinski definition) is 4. The van der Waals surface area contributed by atoms with Crippen LogP contribution in [0.4, 0.5) is 11.5 Å². The van der Waals surface area contributed by atoms with Crippen LogP contribution in [0.5, 0.6) is 0 Å². The molecule has 1 amide bonds. The maximum absolute atomic E-state index is 13.0. The van der Waals surface area contributed by atoms with Crippen molar-refractivity contribution < 1.29 is 4.79 Å². The highest BCUT2D eigenvalue weighted by molar-refractivity contribution is 6.06. The van der Waals surface area contributed by atoms with Gasteiger partial charge in [0.1, 0.15) is 17.3 Å². The van der Waals surface area contributed by atoms with Crippen molar-refractivity contribution in [1.82, 2.24) is 9.97 Å². The molecule has 0 saturated heterocycles. The summed E-state index contributed by atoms with van der Waals surface area (Å²) in [6, 6.07) is 10.4. The molecule has 1 aromatic carbocycles. The number of fused-ring (bicyclic) bond motifs is 1. The fraction of sp³-hybridized carbons (Fsp3) is 0.421. The summed E-state index contributed by atoms with van der Waals surface area (Å²) < 4.78 is 0. The van der Waals surface area contributed by atoms with Gasteiger partial charge in [0.2, 0.25) is 0 Å². The van der Waals surface area contributed by atoms with Crippen LogP contribution in [0, 0.1) is 6.92 Å². The SMILES string of the molecule is Cc1nc(NC2CCCC2)cc(C(=O)N2CCc3ccccc32)n1. The van der Waals surface area contributed by atoms with Crippen molar-refractivity contribution in [2.75, 3.05) is 16.8 Å². The summed E-state index contributed by atoms with van der Waals surface area (Å²) in [5.74, 6) is 1.36. The molecule has 124 valence electrons. The normalized spacial score (nSPS) is 17.1. The van der Waals surface area contributed by atoms with E-state index in [9.17, 15) is 4.79 Å². The highest BCUT2D eigenvalue weighted by atomic mass is 16.2. The highest BCUT2D eigenvalue weighted by Crippen LogP contribution is 2.29. The molecule has 0 unspecified atom stereocenters. The highest BCUT2D eigenvalue weighted by Gasteiger charge is 2.26. The molecular weight excluding hydrogens is 300 g/mol. The molecule has 0 spiro atoms. The van der Waals surface area contributed by atoms with Crippen LogP contribution in [0.2, 0.25) is 0 Å². The van der Waals surface area contributed by atoms with Gasteiger partial charge in [0, 0.05) is 24.3 Å². The third kappa shape index (κ3) is 2.86. The van der Waals surface area contributed by atoms with Crippen LogP contribution >= 0.6 is 0 Å². The van der Waals surface area contributed by atoms with Gasteiger partial charge in [-0.3, -0.25) is 4.79 Å². The average Bonchev–Trinajstić information content (AvgIpc) is 3.23. The van der Waals surface area contributed by atoms with E-state index in [-0.39, 0.29) is 5.91 Å². The molecule has 0 bridgehead atoms. The second-order valence-corrected chi connectivity index (χ2v) is 6.65. The van der Waals surface area contributed by atoms with E-state index < -0.39 is 0 Å². The molecule has 1 aliphatic carbocycles. The third-order valence-corrected chi connectivity index (χ3v) is 4.90. The smallest absolute Gasteiger partial charge is 0.277 e. The van der Waals surface area contributed by atoms with E-state index in [1.165, 1.54) is 31.2 Å². The van der Waals surface area contributed by atoms with Gasteiger partial charge in [0.15, 0.2) is 0 Å². The molecule has 0 radical (unpaired) electrons. The number of nitrogens with one attached hydrogen (secondary N) is 1. The topological polar surface area (TPSA) is 58.1 Å². The van der Waals surface area contributed by atoms with Crippen molar-refractivity contribution in [3.05, 3.63) is 47.4 Å². The fourth-order valence-corrected chi connectivity index (χ4v) is 3.72. The van der Waals surface area contributed by atoms with Gasteiger partial charge in [-0.1, -0.05) is 31.0 Å². The van der Waals surface area contributed by atoms with Crippen molar-refractivity contribution in [2.24, 2.45) is 0 Å². The number of hydrogen-bond donors (Lipinski definition) is 1. The van der Waals surface area contributed by atoms with Gasteiger partial charge < -0.3 is 10.2 Å². The van der Waals surface area contributed by atoms with E-state index >= 15 is 0 Å². The lowest BCUT2D eigenvalue weighted by atomic mass is 10.2. The molecule has 5 heteroatoms. The predicted octanol–water partition coefficient (Wildman–Crippen LogP) is 3.34. The van der Waals surface area contributed by atoms with Crippen molar-refractivity contribution >= 4 is 17.4 Å². The molecular formula is C19H22N4O. The van der Waals surface area contributed by atoms with E-state index in [4.69, 9.17) is 0 Å². The second-order valence-electron chi connectivity index (χ2n) is 6.65. The van der Waals surface area contributed by atoms with Gasteiger partial charge in [-0.15, -0.1) is 0 Å². The van der Waals surface area contributed by atoms with Crippen LogP contribution in [-0.4, -0.2) is 28.5 Å². The number of benzene rings is 1. The largest absolute Gasteiger partial charge is 0.367 e. The van der Waals surface area contributed by atoms with Gasteiger partial charge in [-0.2, -0.15) is 0 Å². The Labute approximate surface area is 142 Å². The van der Waals surface area contributed by atoms with Gasteiger partial charge in [-0.25, -0.2) is 9.97 Å². The van der Waals surface area contributed by atoms with Crippen LogP contribution in [0.15, 0.2) is 30.3 Å². The van der Waals surface area contributed by atoms with E-state index in [1.54, 1.807) is 6.07 Å². The molecule has 1 aliphatic heterocycles. The van der Waals surface area contributed by atoms with Gasteiger partial charge >= 0.3 is 0 Å². The van der Waals surface area contributed by atoms with Crippen molar-refractivity contribution in [2.45, 2.75) is 45.1 Å². The van der Waals surface area contributed by atoms with Crippen molar-refractivity contribution in [3.63, 3.8) is 0 Å². The lowest BCUT2D eigenvalue weighted by Gasteiger charge is -2.18. The van der Waals surface area contributed by atoms with E-state index in [0.717, 1.165) is 17.9 Å². The zero-order chi connectivity index (χ0) is 16.5. The first-order valence-corrected chi connectivity index (χ1v) is 8.73. The Morgan fingerprint density at radius 2 is 2.00 bits per heavy atom. The maximum Gasteiger partial charge on any atom is 0.277 e. The Bertz CT molecular complexity index is 768. The van der Waals surface area contributed by atoms with Crippen molar-refractivity contribution in [3.8, 4) is 0 Å². The Hall–Kier alpha value is -2.43. The number of aryl methyl sites for hydroxylation is 1. The van der Waals surface area contributed by atoms with Crippen LogP contribution in [0.25, 0.3) is 0 Å². The lowest BCUT2D eigenvalue weighted by molar-refractivity contribution is 0.0984. The Morgan fingerprint density at radius 3 is 2.83 bits per heavy atom. The Balaban J connectivity index is 1.59. The summed E-state index contributed by atoms with van der Waals surface area (Å²) >= 11 is 0. The summed E-state index contributed by atoms with van der Waals surface area (Å²) in [4.78, 5) is 23.6. The Morgan fingerprint density at radius 1 is 1.21 bits per heavy atom. The maximum atomic E-state index is 13.0. The van der Waals surface area contributed by atoms with Crippen LogP contribution in [-0.2, 0) is 6.42 Å². The zero-order valence-electron chi connectivity index (χ0n) is 14.0. The van der Waals surface area contributed by atoms with Crippen LogP contribution < -0.4 is 10.2 Å². The summed E-state index contributed by atoms with van der Waals surface area (Å²) in [6.45, 7) is 2.56. The average molecular weight is 322 g/mol. The first-order valence-electron chi connectivity index (χ1n) is 8.73. The number of carbonyl (C=O) groups is 1. The number of anilines is 2. The minimum atomic E-state index is -0.0417. The number of carbonyl (C=O) groups excluding carboxylic acids is 1. The molecule has 4 rings (SSSR count). The first-order chi connectivity index (χ1) is 11.7. The summed E-state index contributed by atoms with van der Waals surface area (Å²) in [6.07, 6.45) is 5.77. The third-order valence-electron chi connectivity index (χ3n) is 4.90. The molecule has 1 aromatic heterocycles.